The molecule has 2 N–H and O–H groups in total. The van der Waals surface area contributed by atoms with E-state index >= 15 is 0 Å². The molecule has 1 aromatic heterocycles. The highest BCUT2D eigenvalue weighted by Crippen LogP contribution is 2.30. The van der Waals surface area contributed by atoms with Crippen molar-refractivity contribution in [2.45, 2.75) is 18.7 Å². The Kier molecular flexibility index (Phi) is 6.12. The van der Waals surface area contributed by atoms with Gasteiger partial charge in [0.25, 0.3) is 15.9 Å². The summed E-state index contributed by atoms with van der Waals surface area (Å²) in [6.45, 7) is 3.71. The van der Waals surface area contributed by atoms with E-state index in [0.29, 0.717) is 16.7 Å². The van der Waals surface area contributed by atoms with Crippen molar-refractivity contribution in [2.24, 2.45) is 0 Å². The standard InChI is InChI=1S/C25H22N2O6S/c1-15-8-10-20(16(2)12-15)27-34(30,31)23-14-18(9-11-22(23)32-3)26-24(28)19-13-17-6-4-5-7-21(17)33-25(19)29/h4-14,27H,1-3H3,(H,26,28). The number of fused-ring (bicyclic) bond motifs is 1. The third kappa shape index (κ3) is 4.65. The van der Waals surface area contributed by atoms with Crippen molar-refractivity contribution < 1.29 is 22.4 Å². The van der Waals surface area contributed by atoms with E-state index in [1.807, 2.05) is 13.0 Å². The molecule has 1 heterocycles. The normalized spacial score (nSPS) is 11.3. The lowest BCUT2D eigenvalue weighted by atomic mass is 10.1. The van der Waals surface area contributed by atoms with E-state index in [0.717, 1.165) is 11.1 Å². The van der Waals surface area contributed by atoms with E-state index in [1.54, 1.807) is 43.3 Å². The number of ether oxygens (including phenoxy) is 1. The monoisotopic (exact) mass is 478 g/mol. The number of benzene rings is 3. The maximum atomic E-state index is 13.2. The molecule has 0 aliphatic rings. The van der Waals surface area contributed by atoms with Gasteiger partial charge in [-0.05, 0) is 55.8 Å². The lowest BCUT2D eigenvalue weighted by molar-refractivity contribution is 0.102. The van der Waals surface area contributed by atoms with Crippen LogP contribution in [-0.2, 0) is 10.0 Å². The fraction of sp³-hybridized carbons (Fsp3) is 0.120. The molecule has 0 spiro atoms. The van der Waals surface area contributed by atoms with Crippen LogP contribution >= 0.6 is 0 Å². The summed E-state index contributed by atoms with van der Waals surface area (Å²) < 4.78 is 39.3. The first-order valence-electron chi connectivity index (χ1n) is 10.3. The number of carbonyl (C=O) groups is 1. The molecule has 0 aliphatic heterocycles. The Hall–Kier alpha value is -4.11. The minimum atomic E-state index is -4.06. The molecule has 0 unspecified atom stereocenters. The molecule has 0 bridgehead atoms. The molecule has 4 aromatic rings. The van der Waals surface area contributed by atoms with Crippen LogP contribution in [-0.4, -0.2) is 21.4 Å². The molecule has 9 heteroatoms. The van der Waals surface area contributed by atoms with Crippen LogP contribution < -0.4 is 20.4 Å². The summed E-state index contributed by atoms with van der Waals surface area (Å²) in [5.41, 5.74) is 1.71. The second-order valence-electron chi connectivity index (χ2n) is 7.73. The van der Waals surface area contributed by atoms with Crippen molar-refractivity contribution in [3.63, 3.8) is 0 Å². The van der Waals surface area contributed by atoms with E-state index in [9.17, 15) is 18.0 Å². The molecule has 0 saturated heterocycles. The van der Waals surface area contributed by atoms with Crippen LogP contribution in [0.3, 0.4) is 0 Å². The summed E-state index contributed by atoms with van der Waals surface area (Å²) in [6, 6.07) is 17.8. The largest absolute Gasteiger partial charge is 0.495 e. The van der Waals surface area contributed by atoms with E-state index in [1.165, 1.54) is 31.4 Å². The lowest BCUT2D eigenvalue weighted by Crippen LogP contribution is -2.21. The van der Waals surface area contributed by atoms with Gasteiger partial charge in [0.2, 0.25) is 0 Å². The highest BCUT2D eigenvalue weighted by atomic mass is 32.2. The number of aryl methyl sites for hydroxylation is 2. The average molecular weight is 479 g/mol. The van der Waals surface area contributed by atoms with Gasteiger partial charge in [0.15, 0.2) is 0 Å². The average Bonchev–Trinajstić information content (AvgIpc) is 2.80. The molecule has 0 aliphatic carbocycles. The van der Waals surface area contributed by atoms with Gasteiger partial charge in [-0.25, -0.2) is 13.2 Å². The molecular weight excluding hydrogens is 456 g/mol. The zero-order chi connectivity index (χ0) is 24.5. The van der Waals surface area contributed by atoms with E-state index in [4.69, 9.17) is 9.15 Å². The third-order valence-corrected chi connectivity index (χ3v) is 6.61. The zero-order valence-corrected chi connectivity index (χ0v) is 19.5. The van der Waals surface area contributed by atoms with Crippen molar-refractivity contribution >= 4 is 38.3 Å². The minimum Gasteiger partial charge on any atom is -0.495 e. The molecule has 3 aromatic carbocycles. The number of para-hydroxylation sites is 1. The number of sulfonamides is 1. The number of hydrogen-bond donors (Lipinski definition) is 2. The number of hydrogen-bond acceptors (Lipinski definition) is 6. The smallest absolute Gasteiger partial charge is 0.349 e. The van der Waals surface area contributed by atoms with Gasteiger partial charge in [-0.15, -0.1) is 0 Å². The van der Waals surface area contributed by atoms with Crippen molar-refractivity contribution in [1.29, 1.82) is 0 Å². The summed E-state index contributed by atoms with van der Waals surface area (Å²) in [6.07, 6.45) is 0. The van der Waals surface area contributed by atoms with Crippen LogP contribution in [0.15, 0.2) is 80.8 Å². The van der Waals surface area contributed by atoms with E-state index in [-0.39, 0.29) is 21.9 Å². The van der Waals surface area contributed by atoms with Crippen molar-refractivity contribution in [3.05, 3.63) is 93.8 Å². The highest BCUT2D eigenvalue weighted by Gasteiger charge is 2.22. The second kappa shape index (κ2) is 9.03. The van der Waals surface area contributed by atoms with Gasteiger partial charge in [-0.2, -0.15) is 0 Å². The lowest BCUT2D eigenvalue weighted by Gasteiger charge is -2.15. The molecule has 1 amide bonds. The van der Waals surface area contributed by atoms with E-state index < -0.39 is 21.6 Å². The van der Waals surface area contributed by atoms with Crippen LogP contribution in [0.5, 0.6) is 5.75 Å². The topological polar surface area (TPSA) is 115 Å². The Labute approximate surface area is 196 Å². The minimum absolute atomic E-state index is 0.0977. The molecule has 4 rings (SSSR count). The molecule has 0 saturated carbocycles. The molecule has 8 nitrogen and oxygen atoms in total. The summed E-state index contributed by atoms with van der Waals surface area (Å²) in [5, 5.41) is 3.15. The quantitative estimate of drug-likeness (QED) is 0.395. The summed E-state index contributed by atoms with van der Waals surface area (Å²) in [7, 11) is -2.71. The number of anilines is 2. The number of rotatable bonds is 6. The zero-order valence-electron chi connectivity index (χ0n) is 18.7. The SMILES string of the molecule is COc1ccc(NC(=O)c2cc3ccccc3oc2=O)cc1S(=O)(=O)Nc1ccc(C)cc1C. The van der Waals surface area contributed by atoms with Crippen LogP contribution in [0.2, 0.25) is 0 Å². The molecule has 34 heavy (non-hydrogen) atoms. The first-order valence-corrected chi connectivity index (χ1v) is 11.8. The van der Waals surface area contributed by atoms with Crippen LogP contribution in [0.1, 0.15) is 21.5 Å². The van der Waals surface area contributed by atoms with Gasteiger partial charge in [-0.1, -0.05) is 35.9 Å². The fourth-order valence-corrected chi connectivity index (χ4v) is 4.84. The van der Waals surface area contributed by atoms with Crippen LogP contribution in [0, 0.1) is 13.8 Å². The summed E-state index contributed by atoms with van der Waals surface area (Å²) in [4.78, 5) is 24.9. The third-order valence-electron chi connectivity index (χ3n) is 5.22. The van der Waals surface area contributed by atoms with Gasteiger partial charge < -0.3 is 14.5 Å². The molecule has 174 valence electrons. The Morgan fingerprint density at radius 3 is 2.47 bits per heavy atom. The number of methoxy groups -OCH3 is 1. The second-order valence-corrected chi connectivity index (χ2v) is 9.38. The van der Waals surface area contributed by atoms with Crippen molar-refractivity contribution in [3.8, 4) is 5.75 Å². The van der Waals surface area contributed by atoms with Crippen molar-refractivity contribution in [1.82, 2.24) is 0 Å². The van der Waals surface area contributed by atoms with Gasteiger partial charge in [0.05, 0.1) is 12.8 Å². The van der Waals surface area contributed by atoms with Gasteiger partial charge in [0.1, 0.15) is 21.8 Å². The van der Waals surface area contributed by atoms with Gasteiger partial charge in [-0.3, -0.25) is 9.52 Å². The Balaban J connectivity index is 1.66. The molecule has 0 atom stereocenters. The fourth-order valence-electron chi connectivity index (χ4n) is 3.51. The van der Waals surface area contributed by atoms with E-state index in [2.05, 4.69) is 10.0 Å². The number of carbonyl (C=O) groups excluding carboxylic acids is 1. The summed E-state index contributed by atoms with van der Waals surface area (Å²) in [5.74, 6) is -0.629. The predicted molar refractivity (Wildman–Crippen MR) is 130 cm³/mol. The Morgan fingerprint density at radius 1 is 0.971 bits per heavy atom. The highest BCUT2D eigenvalue weighted by molar-refractivity contribution is 7.92. The number of amides is 1. The first-order chi connectivity index (χ1) is 16.2. The molecule has 0 fully saturated rings. The number of nitrogens with one attached hydrogen (secondary N) is 2. The predicted octanol–water partition coefficient (Wildman–Crippen LogP) is 4.47. The maximum Gasteiger partial charge on any atom is 0.349 e. The Bertz CT molecular complexity index is 1570. The van der Waals surface area contributed by atoms with Gasteiger partial charge >= 0.3 is 5.63 Å². The van der Waals surface area contributed by atoms with Crippen LogP contribution in [0.4, 0.5) is 11.4 Å². The van der Waals surface area contributed by atoms with Crippen molar-refractivity contribution in [2.75, 3.05) is 17.1 Å². The maximum absolute atomic E-state index is 13.2. The molecule has 0 radical (unpaired) electrons. The molecular formula is C25H22N2O6S. The summed E-state index contributed by atoms with van der Waals surface area (Å²) >= 11 is 0. The first kappa shape index (κ1) is 23.1. The van der Waals surface area contributed by atoms with Gasteiger partial charge in [0, 0.05) is 11.1 Å². The Morgan fingerprint density at radius 2 is 1.74 bits per heavy atom. The van der Waals surface area contributed by atoms with Crippen LogP contribution in [0.25, 0.3) is 11.0 Å².